The molecule has 1 aromatic heterocycles. The number of aromatic nitrogens is 2. The fourth-order valence-electron chi connectivity index (χ4n) is 1.27. The number of nitrogens with zero attached hydrogens (tertiary/aromatic N) is 1. The van der Waals surface area contributed by atoms with Gasteiger partial charge in [0.15, 0.2) is 0 Å². The van der Waals surface area contributed by atoms with E-state index < -0.39 is 6.23 Å². The van der Waals surface area contributed by atoms with E-state index in [-0.39, 0.29) is 0 Å². The van der Waals surface area contributed by atoms with Gasteiger partial charge in [-0.2, -0.15) is 5.10 Å². The molecule has 0 bridgehead atoms. The van der Waals surface area contributed by atoms with Crippen LogP contribution in [0.3, 0.4) is 0 Å². The topological polar surface area (TPSA) is 74.9 Å². The first kappa shape index (κ1) is 8.50. The van der Waals surface area contributed by atoms with Crippen molar-refractivity contribution in [1.82, 2.24) is 10.2 Å². The molecule has 1 aromatic carbocycles. The Balaban J connectivity index is 2.78. The second kappa shape index (κ2) is 2.99. The van der Waals surface area contributed by atoms with Crippen molar-refractivity contribution in [3.63, 3.8) is 0 Å². The van der Waals surface area contributed by atoms with Gasteiger partial charge in [-0.3, -0.25) is 5.10 Å². The van der Waals surface area contributed by atoms with Gasteiger partial charge in [0.1, 0.15) is 6.23 Å². The molecule has 4 nitrogen and oxygen atoms in total. The van der Waals surface area contributed by atoms with Gasteiger partial charge >= 0.3 is 0 Å². The maximum absolute atomic E-state index is 9.22. The number of H-pyrrole nitrogens is 1. The standard InChI is InChI=1S/C8H8ClN3O/c9-6-2-1-4(8(10)13)7-5(6)3-11-12-7/h1-3,8,13H,10H2,(H,11,12). The van der Waals surface area contributed by atoms with Gasteiger partial charge in [-0.1, -0.05) is 17.7 Å². The Kier molecular flexibility index (Phi) is 1.95. The average Bonchev–Trinajstić information content (AvgIpc) is 2.53. The number of benzene rings is 1. The lowest BCUT2D eigenvalue weighted by Gasteiger charge is -2.05. The Bertz CT molecular complexity index is 438. The molecule has 1 unspecified atom stereocenters. The van der Waals surface area contributed by atoms with Gasteiger partial charge in [-0.05, 0) is 6.07 Å². The van der Waals surface area contributed by atoms with Crippen molar-refractivity contribution in [3.05, 3.63) is 28.9 Å². The minimum atomic E-state index is -1.01. The van der Waals surface area contributed by atoms with Gasteiger partial charge in [0.05, 0.1) is 16.7 Å². The molecule has 2 aromatic rings. The van der Waals surface area contributed by atoms with Crippen molar-refractivity contribution >= 4 is 22.5 Å². The number of aromatic amines is 1. The molecule has 13 heavy (non-hydrogen) atoms. The molecular formula is C8H8ClN3O. The molecule has 0 amide bonds. The largest absolute Gasteiger partial charge is 0.374 e. The molecule has 0 saturated heterocycles. The molecule has 68 valence electrons. The summed E-state index contributed by atoms with van der Waals surface area (Å²) in [5, 5.41) is 17.1. The highest BCUT2D eigenvalue weighted by Crippen LogP contribution is 2.26. The van der Waals surface area contributed by atoms with Crippen molar-refractivity contribution in [2.75, 3.05) is 0 Å². The molecule has 0 saturated carbocycles. The number of fused-ring (bicyclic) bond motifs is 1. The van der Waals surface area contributed by atoms with Crippen LogP contribution in [0.4, 0.5) is 0 Å². The maximum Gasteiger partial charge on any atom is 0.130 e. The zero-order valence-electron chi connectivity index (χ0n) is 6.66. The molecule has 4 N–H and O–H groups in total. The third-order valence-electron chi connectivity index (χ3n) is 1.91. The van der Waals surface area contributed by atoms with Crippen molar-refractivity contribution in [1.29, 1.82) is 0 Å². The first-order valence-electron chi connectivity index (χ1n) is 3.75. The van der Waals surface area contributed by atoms with Gasteiger partial charge in [0.2, 0.25) is 0 Å². The zero-order valence-corrected chi connectivity index (χ0v) is 7.42. The Morgan fingerprint density at radius 1 is 1.54 bits per heavy atom. The number of nitrogens with two attached hydrogens (primary N) is 1. The van der Waals surface area contributed by atoms with E-state index in [1.807, 2.05) is 0 Å². The van der Waals surface area contributed by atoms with Gasteiger partial charge in [0.25, 0.3) is 0 Å². The van der Waals surface area contributed by atoms with Gasteiger partial charge in [0, 0.05) is 10.9 Å². The smallest absolute Gasteiger partial charge is 0.130 e. The molecular weight excluding hydrogens is 190 g/mol. The van der Waals surface area contributed by atoms with Crippen LogP contribution in [0.2, 0.25) is 5.02 Å². The normalized spacial score (nSPS) is 13.5. The molecule has 0 spiro atoms. The summed E-state index contributed by atoms with van der Waals surface area (Å²) in [6.45, 7) is 0. The first-order chi connectivity index (χ1) is 6.20. The summed E-state index contributed by atoms with van der Waals surface area (Å²) in [6, 6.07) is 3.36. The quantitative estimate of drug-likeness (QED) is 0.601. The van der Waals surface area contributed by atoms with E-state index in [0.717, 1.165) is 5.39 Å². The van der Waals surface area contributed by atoms with Crippen LogP contribution < -0.4 is 5.73 Å². The summed E-state index contributed by atoms with van der Waals surface area (Å²) >= 11 is 5.89. The van der Waals surface area contributed by atoms with Crippen LogP contribution in [0.15, 0.2) is 18.3 Å². The highest BCUT2D eigenvalue weighted by atomic mass is 35.5. The number of hydrogen-bond acceptors (Lipinski definition) is 3. The summed E-state index contributed by atoms with van der Waals surface area (Å²) in [5.41, 5.74) is 6.63. The molecule has 1 atom stereocenters. The number of aliphatic hydroxyl groups excluding tert-OH is 1. The highest BCUT2D eigenvalue weighted by molar-refractivity contribution is 6.35. The number of aliphatic hydroxyl groups is 1. The van der Waals surface area contributed by atoms with Crippen molar-refractivity contribution < 1.29 is 5.11 Å². The minimum Gasteiger partial charge on any atom is -0.374 e. The fourth-order valence-corrected chi connectivity index (χ4v) is 1.48. The van der Waals surface area contributed by atoms with Crippen molar-refractivity contribution in [2.45, 2.75) is 6.23 Å². The van der Waals surface area contributed by atoms with Gasteiger partial charge in [-0.25, -0.2) is 0 Å². The van der Waals surface area contributed by atoms with Gasteiger partial charge < -0.3 is 10.8 Å². The predicted octanol–water partition coefficient (Wildman–Crippen LogP) is 1.17. The van der Waals surface area contributed by atoms with Crippen LogP contribution in [0, 0.1) is 0 Å². The van der Waals surface area contributed by atoms with Crippen molar-refractivity contribution in [2.24, 2.45) is 5.73 Å². The van der Waals surface area contributed by atoms with E-state index in [1.54, 1.807) is 18.3 Å². The van der Waals surface area contributed by atoms with Crippen LogP contribution in [0.5, 0.6) is 0 Å². The Hall–Kier alpha value is -1.10. The number of halogens is 1. The number of rotatable bonds is 1. The van der Waals surface area contributed by atoms with E-state index in [4.69, 9.17) is 17.3 Å². The third kappa shape index (κ3) is 1.29. The van der Waals surface area contributed by atoms with Gasteiger partial charge in [-0.15, -0.1) is 0 Å². The van der Waals surface area contributed by atoms with Crippen LogP contribution >= 0.6 is 11.6 Å². The maximum atomic E-state index is 9.22. The lowest BCUT2D eigenvalue weighted by molar-refractivity contribution is 0.187. The first-order valence-corrected chi connectivity index (χ1v) is 4.13. The molecule has 0 radical (unpaired) electrons. The molecule has 0 aliphatic rings. The van der Waals surface area contributed by atoms with E-state index in [9.17, 15) is 5.11 Å². The summed E-state index contributed by atoms with van der Waals surface area (Å²) < 4.78 is 0. The SMILES string of the molecule is NC(O)c1ccc(Cl)c2cn[nH]c12. The average molecular weight is 198 g/mol. The summed E-state index contributed by atoms with van der Waals surface area (Å²) in [4.78, 5) is 0. The highest BCUT2D eigenvalue weighted by Gasteiger charge is 2.10. The van der Waals surface area contributed by atoms with Crippen LogP contribution in [0.25, 0.3) is 10.9 Å². The third-order valence-corrected chi connectivity index (χ3v) is 2.24. The summed E-state index contributed by atoms with van der Waals surface area (Å²) in [5.74, 6) is 0. The van der Waals surface area contributed by atoms with E-state index in [2.05, 4.69) is 10.2 Å². The Labute approximate surface area is 79.3 Å². The monoisotopic (exact) mass is 197 g/mol. The number of hydrogen-bond donors (Lipinski definition) is 3. The molecule has 2 rings (SSSR count). The van der Waals surface area contributed by atoms with E-state index in [0.29, 0.717) is 16.1 Å². The lowest BCUT2D eigenvalue weighted by atomic mass is 10.1. The fraction of sp³-hybridized carbons (Fsp3) is 0.125. The second-order valence-electron chi connectivity index (χ2n) is 2.74. The Morgan fingerprint density at radius 2 is 2.31 bits per heavy atom. The predicted molar refractivity (Wildman–Crippen MR) is 50.3 cm³/mol. The van der Waals surface area contributed by atoms with E-state index >= 15 is 0 Å². The van der Waals surface area contributed by atoms with Crippen molar-refractivity contribution in [3.8, 4) is 0 Å². The number of nitrogens with one attached hydrogen (secondary N) is 1. The van der Waals surface area contributed by atoms with Crippen LogP contribution in [0.1, 0.15) is 11.8 Å². The minimum absolute atomic E-state index is 0.591. The summed E-state index contributed by atoms with van der Waals surface area (Å²) in [6.07, 6.45) is 0.587. The lowest BCUT2D eigenvalue weighted by Crippen LogP contribution is -2.08. The van der Waals surface area contributed by atoms with Crippen LogP contribution in [-0.2, 0) is 0 Å². The molecule has 1 heterocycles. The zero-order chi connectivity index (χ0) is 9.42. The summed E-state index contributed by atoms with van der Waals surface area (Å²) in [7, 11) is 0. The van der Waals surface area contributed by atoms with Crippen LogP contribution in [-0.4, -0.2) is 15.3 Å². The molecule has 0 aliphatic carbocycles. The van der Waals surface area contributed by atoms with E-state index in [1.165, 1.54) is 0 Å². The Morgan fingerprint density at radius 3 is 3.00 bits per heavy atom. The molecule has 0 aliphatic heterocycles. The molecule has 5 heteroatoms. The molecule has 0 fully saturated rings. The second-order valence-corrected chi connectivity index (χ2v) is 3.15.